The van der Waals surface area contributed by atoms with E-state index in [0.717, 1.165) is 47.7 Å². The van der Waals surface area contributed by atoms with Crippen LogP contribution in [0.2, 0.25) is 5.02 Å². The summed E-state index contributed by atoms with van der Waals surface area (Å²) < 4.78 is 5.66. The standard InChI is InChI=1S/C22H22ClN3O2S/c1-2-28-19-6-4-3-5-16(19)15-20-21(27)24-22(29-20)26-13-11-25(12-14-26)18-9-7-17(23)8-10-18/h3-10,15H,2,11-14H2,1H3. The van der Waals surface area contributed by atoms with E-state index in [2.05, 4.69) is 14.8 Å². The molecule has 2 heterocycles. The Bertz CT molecular complexity index is 951. The fourth-order valence-corrected chi connectivity index (χ4v) is 4.45. The molecule has 2 aromatic carbocycles. The van der Waals surface area contributed by atoms with E-state index in [9.17, 15) is 4.79 Å². The van der Waals surface area contributed by atoms with Crippen molar-refractivity contribution in [3.8, 4) is 5.75 Å². The highest BCUT2D eigenvalue weighted by molar-refractivity contribution is 8.18. The number of piperazine rings is 1. The Balaban J connectivity index is 1.41. The summed E-state index contributed by atoms with van der Waals surface area (Å²) in [5.74, 6) is 0.595. The maximum absolute atomic E-state index is 12.5. The zero-order chi connectivity index (χ0) is 20.2. The maximum Gasteiger partial charge on any atom is 0.286 e. The summed E-state index contributed by atoms with van der Waals surface area (Å²) >= 11 is 7.42. The number of rotatable bonds is 4. The number of carbonyl (C=O) groups is 1. The lowest BCUT2D eigenvalue weighted by Crippen LogP contribution is -2.47. The van der Waals surface area contributed by atoms with Gasteiger partial charge in [-0.3, -0.25) is 4.79 Å². The second kappa shape index (κ2) is 8.93. The predicted molar refractivity (Wildman–Crippen MR) is 121 cm³/mol. The molecule has 2 aromatic rings. The first-order valence-electron chi connectivity index (χ1n) is 9.64. The number of nitrogens with zero attached hydrogens (tertiary/aromatic N) is 3. The average Bonchev–Trinajstić information content (AvgIpc) is 3.11. The lowest BCUT2D eigenvalue weighted by Gasteiger charge is -2.36. The number of hydrogen-bond donors (Lipinski definition) is 0. The van der Waals surface area contributed by atoms with Gasteiger partial charge in [-0.05, 0) is 55.1 Å². The van der Waals surface area contributed by atoms with Crippen LogP contribution in [0.1, 0.15) is 12.5 Å². The molecule has 2 aliphatic heterocycles. The van der Waals surface area contributed by atoms with Crippen LogP contribution >= 0.6 is 23.4 Å². The summed E-state index contributed by atoms with van der Waals surface area (Å²) in [5, 5.41) is 1.53. The minimum absolute atomic E-state index is 0.184. The van der Waals surface area contributed by atoms with Crippen molar-refractivity contribution < 1.29 is 9.53 Å². The first kappa shape index (κ1) is 19.9. The molecular weight excluding hydrogens is 406 g/mol. The molecule has 0 aromatic heterocycles. The fourth-order valence-electron chi connectivity index (χ4n) is 3.37. The monoisotopic (exact) mass is 427 g/mol. The number of halogens is 1. The van der Waals surface area contributed by atoms with Gasteiger partial charge in [-0.25, -0.2) is 0 Å². The molecule has 5 nitrogen and oxygen atoms in total. The van der Waals surface area contributed by atoms with Crippen LogP contribution in [0.4, 0.5) is 5.69 Å². The zero-order valence-corrected chi connectivity index (χ0v) is 17.7. The van der Waals surface area contributed by atoms with Crippen molar-refractivity contribution in [3.63, 3.8) is 0 Å². The topological polar surface area (TPSA) is 45.1 Å². The second-order valence-electron chi connectivity index (χ2n) is 6.73. The smallest absolute Gasteiger partial charge is 0.286 e. The van der Waals surface area contributed by atoms with Gasteiger partial charge in [-0.2, -0.15) is 4.99 Å². The molecule has 0 unspecified atom stereocenters. The first-order valence-corrected chi connectivity index (χ1v) is 10.8. The Morgan fingerprint density at radius 3 is 2.48 bits per heavy atom. The van der Waals surface area contributed by atoms with Gasteiger partial charge < -0.3 is 14.5 Å². The molecule has 0 atom stereocenters. The summed E-state index contributed by atoms with van der Waals surface area (Å²) in [5.41, 5.74) is 2.06. The SMILES string of the molecule is CCOc1ccccc1C=C1SC(N2CCN(c3ccc(Cl)cc3)CC2)=NC1=O. The van der Waals surface area contributed by atoms with E-state index in [0.29, 0.717) is 11.5 Å². The highest BCUT2D eigenvalue weighted by Crippen LogP contribution is 2.33. The predicted octanol–water partition coefficient (Wildman–Crippen LogP) is 4.53. The maximum atomic E-state index is 12.5. The quantitative estimate of drug-likeness (QED) is 0.671. The molecule has 7 heteroatoms. The minimum atomic E-state index is -0.184. The highest BCUT2D eigenvalue weighted by Gasteiger charge is 2.28. The summed E-state index contributed by atoms with van der Waals surface area (Å²) in [6.45, 7) is 5.93. The summed E-state index contributed by atoms with van der Waals surface area (Å²) in [6.07, 6.45) is 1.87. The van der Waals surface area contributed by atoms with Crippen LogP contribution in [-0.4, -0.2) is 48.8 Å². The second-order valence-corrected chi connectivity index (χ2v) is 8.18. The molecule has 0 N–H and O–H groups in total. The van der Waals surface area contributed by atoms with Crippen molar-refractivity contribution in [2.24, 2.45) is 4.99 Å². The van der Waals surface area contributed by atoms with Crippen molar-refractivity contribution >= 4 is 46.2 Å². The number of amidine groups is 1. The third-order valence-electron chi connectivity index (χ3n) is 4.86. The number of amides is 1. The van der Waals surface area contributed by atoms with Crippen molar-refractivity contribution in [2.75, 3.05) is 37.7 Å². The number of para-hydroxylation sites is 1. The Morgan fingerprint density at radius 2 is 1.76 bits per heavy atom. The fraction of sp³-hybridized carbons (Fsp3) is 0.273. The Labute approximate surface area is 180 Å². The van der Waals surface area contributed by atoms with E-state index >= 15 is 0 Å². The summed E-state index contributed by atoms with van der Waals surface area (Å²) in [4.78, 5) is 21.9. The molecule has 0 aliphatic carbocycles. The molecule has 150 valence electrons. The Kier molecular flexibility index (Phi) is 6.11. The van der Waals surface area contributed by atoms with E-state index in [4.69, 9.17) is 16.3 Å². The minimum Gasteiger partial charge on any atom is -0.493 e. The van der Waals surface area contributed by atoms with Crippen LogP contribution in [0, 0.1) is 0 Å². The number of thioether (sulfide) groups is 1. The van der Waals surface area contributed by atoms with E-state index in [1.54, 1.807) is 0 Å². The van der Waals surface area contributed by atoms with E-state index in [-0.39, 0.29) is 5.91 Å². The average molecular weight is 428 g/mol. The van der Waals surface area contributed by atoms with Crippen molar-refractivity contribution in [1.29, 1.82) is 0 Å². The van der Waals surface area contributed by atoms with Gasteiger partial charge in [0.1, 0.15) is 5.75 Å². The van der Waals surface area contributed by atoms with E-state index < -0.39 is 0 Å². The normalized spacial score (nSPS) is 18.3. The van der Waals surface area contributed by atoms with Crippen LogP contribution in [-0.2, 0) is 4.79 Å². The number of anilines is 1. The molecule has 1 saturated heterocycles. The van der Waals surface area contributed by atoms with Crippen molar-refractivity contribution in [1.82, 2.24) is 4.90 Å². The molecule has 2 aliphatic rings. The van der Waals surface area contributed by atoms with Crippen LogP contribution < -0.4 is 9.64 Å². The lowest BCUT2D eigenvalue weighted by molar-refractivity contribution is -0.113. The van der Waals surface area contributed by atoms with Gasteiger partial charge in [0.15, 0.2) is 5.17 Å². The molecule has 4 rings (SSSR count). The molecule has 0 radical (unpaired) electrons. The summed E-state index contributed by atoms with van der Waals surface area (Å²) in [7, 11) is 0. The van der Waals surface area contributed by atoms with Crippen LogP contribution in [0.25, 0.3) is 6.08 Å². The van der Waals surface area contributed by atoms with Gasteiger partial charge in [-0.1, -0.05) is 29.8 Å². The van der Waals surface area contributed by atoms with Gasteiger partial charge in [0.25, 0.3) is 5.91 Å². The Morgan fingerprint density at radius 1 is 1.07 bits per heavy atom. The number of aliphatic imine (C=N–C) groups is 1. The third kappa shape index (κ3) is 4.60. The van der Waals surface area contributed by atoms with Gasteiger partial charge in [0.2, 0.25) is 0 Å². The van der Waals surface area contributed by atoms with E-state index in [1.165, 1.54) is 17.4 Å². The largest absolute Gasteiger partial charge is 0.493 e. The molecule has 0 bridgehead atoms. The number of benzene rings is 2. The number of hydrogen-bond acceptors (Lipinski definition) is 5. The highest BCUT2D eigenvalue weighted by atomic mass is 35.5. The van der Waals surface area contributed by atoms with Crippen LogP contribution in [0.5, 0.6) is 5.75 Å². The molecule has 0 saturated carbocycles. The third-order valence-corrected chi connectivity index (χ3v) is 6.15. The molecule has 29 heavy (non-hydrogen) atoms. The van der Waals surface area contributed by atoms with E-state index in [1.807, 2.05) is 61.5 Å². The first-order chi connectivity index (χ1) is 14.1. The van der Waals surface area contributed by atoms with Crippen molar-refractivity contribution in [2.45, 2.75) is 6.92 Å². The molecule has 0 spiro atoms. The number of carbonyl (C=O) groups excluding carboxylic acids is 1. The molecule has 1 fully saturated rings. The number of ether oxygens (including phenoxy) is 1. The van der Waals surface area contributed by atoms with Gasteiger partial charge >= 0.3 is 0 Å². The van der Waals surface area contributed by atoms with Crippen molar-refractivity contribution in [3.05, 3.63) is 64.0 Å². The van der Waals surface area contributed by atoms with Gasteiger partial charge in [0, 0.05) is 42.5 Å². The van der Waals surface area contributed by atoms with Crippen LogP contribution in [0.15, 0.2) is 58.4 Å². The molecular formula is C22H22ClN3O2S. The summed E-state index contributed by atoms with van der Waals surface area (Å²) in [6, 6.07) is 15.6. The van der Waals surface area contributed by atoms with Gasteiger partial charge in [-0.15, -0.1) is 0 Å². The van der Waals surface area contributed by atoms with Crippen LogP contribution in [0.3, 0.4) is 0 Å². The zero-order valence-electron chi connectivity index (χ0n) is 16.2. The lowest BCUT2D eigenvalue weighted by atomic mass is 10.2. The van der Waals surface area contributed by atoms with Gasteiger partial charge in [0.05, 0.1) is 11.5 Å². The Hall–Kier alpha value is -2.44. The molecule has 1 amide bonds.